The van der Waals surface area contributed by atoms with E-state index >= 15 is 0 Å². The first-order chi connectivity index (χ1) is 15.5. The lowest BCUT2D eigenvalue weighted by atomic mass is 10.1. The second kappa shape index (κ2) is 9.63. The summed E-state index contributed by atoms with van der Waals surface area (Å²) in [4.78, 5) is 24.6. The van der Waals surface area contributed by atoms with E-state index in [0.717, 1.165) is 36.4 Å². The topological polar surface area (TPSA) is 67.4 Å². The Morgan fingerprint density at radius 1 is 0.848 bits per heavy atom. The molecule has 11 heteroatoms. The predicted molar refractivity (Wildman–Crippen MR) is 107 cm³/mol. The Bertz CT molecular complexity index is 1180. The van der Waals surface area contributed by atoms with Crippen molar-refractivity contribution >= 4 is 23.2 Å². The number of rotatable bonds is 6. The fourth-order valence-corrected chi connectivity index (χ4v) is 2.82. The van der Waals surface area contributed by atoms with Crippen molar-refractivity contribution in [2.24, 2.45) is 0 Å². The molecule has 33 heavy (non-hydrogen) atoms. The van der Waals surface area contributed by atoms with Gasteiger partial charge in [-0.05, 0) is 48.5 Å². The molecule has 0 bridgehead atoms. The fraction of sp³-hybridized carbons (Fsp3) is 0.0909. The Morgan fingerprint density at radius 3 is 2.24 bits per heavy atom. The van der Waals surface area contributed by atoms with Gasteiger partial charge in [0.05, 0.1) is 16.8 Å². The van der Waals surface area contributed by atoms with Crippen molar-refractivity contribution in [3.8, 4) is 5.75 Å². The maximum Gasteiger partial charge on any atom is 0.418 e. The Labute approximate surface area is 183 Å². The number of benzene rings is 3. The normalized spacial score (nSPS) is 11.2. The molecule has 0 aliphatic heterocycles. The van der Waals surface area contributed by atoms with Crippen LogP contribution in [0, 0.1) is 5.82 Å². The van der Waals surface area contributed by atoms with Crippen LogP contribution in [0.3, 0.4) is 0 Å². The van der Waals surface area contributed by atoms with E-state index in [1.54, 1.807) is 0 Å². The highest BCUT2D eigenvalue weighted by atomic mass is 19.4. The van der Waals surface area contributed by atoms with Crippen LogP contribution in [-0.4, -0.2) is 18.4 Å². The van der Waals surface area contributed by atoms with Gasteiger partial charge in [-0.2, -0.15) is 22.0 Å². The van der Waals surface area contributed by atoms with Crippen LogP contribution in [0.2, 0.25) is 0 Å². The number of hydrogen-bond acceptors (Lipinski definition) is 3. The Balaban J connectivity index is 1.85. The van der Waals surface area contributed by atoms with Gasteiger partial charge in [-0.25, -0.2) is 4.39 Å². The molecule has 0 spiro atoms. The first kappa shape index (κ1) is 23.6. The third-order valence-electron chi connectivity index (χ3n) is 4.27. The van der Waals surface area contributed by atoms with Gasteiger partial charge in [-0.3, -0.25) is 9.59 Å². The average molecular weight is 468 g/mol. The summed E-state index contributed by atoms with van der Waals surface area (Å²) in [5.74, 6) is -3.18. The first-order valence-corrected chi connectivity index (χ1v) is 9.18. The minimum Gasteiger partial charge on any atom is -0.435 e. The van der Waals surface area contributed by atoms with Gasteiger partial charge < -0.3 is 15.4 Å². The molecule has 0 fully saturated rings. The smallest absolute Gasteiger partial charge is 0.418 e. The predicted octanol–water partition coefficient (Wildman–Crippen LogP) is 5.95. The maximum absolute atomic E-state index is 13.7. The number of carbonyl (C=O) groups is 2. The summed E-state index contributed by atoms with van der Waals surface area (Å²) < 4.78 is 83.4. The van der Waals surface area contributed by atoms with Crippen LogP contribution < -0.4 is 15.4 Å². The van der Waals surface area contributed by atoms with Gasteiger partial charge in [0.2, 0.25) is 0 Å². The monoisotopic (exact) mass is 468 g/mol. The van der Waals surface area contributed by atoms with E-state index in [1.165, 1.54) is 24.3 Å². The van der Waals surface area contributed by atoms with E-state index in [1.807, 2.05) is 0 Å². The molecule has 0 aliphatic rings. The van der Waals surface area contributed by atoms with Crippen LogP contribution in [0.5, 0.6) is 5.75 Å². The molecule has 0 saturated heterocycles. The molecule has 0 saturated carbocycles. The molecule has 0 atom stereocenters. The highest BCUT2D eigenvalue weighted by Gasteiger charge is 2.34. The highest BCUT2D eigenvalue weighted by Crippen LogP contribution is 2.37. The zero-order valence-corrected chi connectivity index (χ0v) is 16.4. The summed E-state index contributed by atoms with van der Waals surface area (Å²) in [7, 11) is 0. The molecule has 2 N–H and O–H groups in total. The summed E-state index contributed by atoms with van der Waals surface area (Å²) in [5.41, 5.74) is -2.81. The molecule has 2 amide bonds. The van der Waals surface area contributed by atoms with Crippen molar-refractivity contribution < 1.29 is 40.7 Å². The van der Waals surface area contributed by atoms with Crippen molar-refractivity contribution in [3.05, 3.63) is 89.2 Å². The van der Waals surface area contributed by atoms with Crippen LogP contribution in [0.1, 0.15) is 26.3 Å². The zero-order chi connectivity index (χ0) is 24.2. The molecule has 0 aliphatic carbocycles. The molecule has 0 aromatic heterocycles. The van der Waals surface area contributed by atoms with E-state index in [0.29, 0.717) is 6.07 Å². The van der Waals surface area contributed by atoms with Crippen LogP contribution in [0.15, 0.2) is 66.7 Å². The van der Waals surface area contributed by atoms with Gasteiger partial charge in [0.1, 0.15) is 11.6 Å². The van der Waals surface area contributed by atoms with Gasteiger partial charge >= 0.3 is 12.8 Å². The highest BCUT2D eigenvalue weighted by molar-refractivity contribution is 6.06. The first-order valence-electron chi connectivity index (χ1n) is 9.18. The minimum absolute atomic E-state index is 0.224. The van der Waals surface area contributed by atoms with Crippen molar-refractivity contribution in [1.29, 1.82) is 0 Å². The van der Waals surface area contributed by atoms with Gasteiger partial charge in [-0.1, -0.05) is 18.2 Å². The lowest BCUT2D eigenvalue weighted by Gasteiger charge is -2.16. The molecule has 5 nitrogen and oxygen atoms in total. The zero-order valence-electron chi connectivity index (χ0n) is 16.4. The second-order valence-corrected chi connectivity index (χ2v) is 6.55. The Hall–Kier alpha value is -4.02. The summed E-state index contributed by atoms with van der Waals surface area (Å²) in [6.07, 6.45) is -4.93. The van der Waals surface area contributed by atoms with Gasteiger partial charge in [0.15, 0.2) is 0 Å². The van der Waals surface area contributed by atoms with Crippen LogP contribution in [0.25, 0.3) is 0 Å². The maximum atomic E-state index is 13.7. The van der Waals surface area contributed by atoms with E-state index < -0.39 is 41.7 Å². The SMILES string of the molecule is O=C(Nc1ccc(NC(=O)c2ccccc2F)cc1C(F)(F)F)c1cccc(OC(F)F)c1. The Kier molecular flexibility index (Phi) is 6.90. The molecule has 0 radical (unpaired) electrons. The molecular weight excluding hydrogens is 454 g/mol. The van der Waals surface area contributed by atoms with Gasteiger partial charge in [-0.15, -0.1) is 0 Å². The van der Waals surface area contributed by atoms with E-state index in [4.69, 9.17) is 0 Å². The lowest BCUT2D eigenvalue weighted by molar-refractivity contribution is -0.136. The van der Waals surface area contributed by atoms with E-state index in [9.17, 15) is 35.9 Å². The molecule has 0 heterocycles. The average Bonchev–Trinajstić information content (AvgIpc) is 2.74. The third kappa shape index (κ3) is 6.03. The van der Waals surface area contributed by atoms with Gasteiger partial charge in [0.25, 0.3) is 11.8 Å². The number of alkyl halides is 5. The summed E-state index contributed by atoms with van der Waals surface area (Å²) in [6, 6.07) is 12.0. The van der Waals surface area contributed by atoms with Crippen molar-refractivity contribution in [3.63, 3.8) is 0 Å². The molecule has 3 rings (SSSR count). The van der Waals surface area contributed by atoms with Crippen molar-refractivity contribution in [1.82, 2.24) is 0 Å². The van der Waals surface area contributed by atoms with Gasteiger partial charge in [0, 0.05) is 11.3 Å². The number of amides is 2. The number of carbonyl (C=O) groups excluding carboxylic acids is 2. The number of ether oxygens (including phenoxy) is 1. The van der Waals surface area contributed by atoms with Crippen LogP contribution in [0.4, 0.5) is 37.7 Å². The van der Waals surface area contributed by atoms with Crippen LogP contribution in [-0.2, 0) is 6.18 Å². The fourth-order valence-electron chi connectivity index (χ4n) is 2.82. The summed E-state index contributed by atoms with van der Waals surface area (Å²) in [5, 5.41) is 4.23. The largest absolute Gasteiger partial charge is 0.435 e. The number of anilines is 2. The number of halogens is 6. The standard InChI is InChI=1S/C22H14F6N2O3/c23-17-7-2-1-6-15(17)20(32)29-13-8-9-18(16(11-13)22(26,27)28)30-19(31)12-4-3-5-14(10-12)33-21(24)25/h1-11,21H,(H,29,32)(H,30,31). The second-order valence-electron chi connectivity index (χ2n) is 6.55. The lowest BCUT2D eigenvalue weighted by Crippen LogP contribution is -2.18. The summed E-state index contributed by atoms with van der Waals surface area (Å²) >= 11 is 0. The minimum atomic E-state index is -4.93. The van der Waals surface area contributed by atoms with Crippen LogP contribution >= 0.6 is 0 Å². The molecule has 3 aromatic carbocycles. The van der Waals surface area contributed by atoms with Crippen molar-refractivity contribution in [2.45, 2.75) is 12.8 Å². The third-order valence-corrected chi connectivity index (χ3v) is 4.27. The molecule has 3 aromatic rings. The summed E-state index contributed by atoms with van der Waals surface area (Å²) in [6.45, 7) is -3.15. The molecule has 172 valence electrons. The number of hydrogen-bond donors (Lipinski definition) is 2. The quantitative estimate of drug-likeness (QED) is 0.440. The Morgan fingerprint density at radius 2 is 1.58 bits per heavy atom. The molecular formula is C22H14F6N2O3. The van der Waals surface area contributed by atoms with Crippen molar-refractivity contribution in [2.75, 3.05) is 10.6 Å². The van der Waals surface area contributed by atoms with E-state index in [-0.39, 0.29) is 22.6 Å². The number of nitrogens with one attached hydrogen (secondary N) is 2. The molecule has 0 unspecified atom stereocenters. The van der Waals surface area contributed by atoms with E-state index in [2.05, 4.69) is 15.4 Å².